The zero-order chi connectivity index (χ0) is 24.0. The van der Waals surface area contributed by atoms with Crippen LogP contribution in [0.4, 0.5) is 11.4 Å². The number of sulfonamides is 1. The van der Waals surface area contributed by atoms with E-state index in [0.717, 1.165) is 5.56 Å². The van der Waals surface area contributed by atoms with Crippen LogP contribution >= 0.6 is 11.6 Å². The van der Waals surface area contributed by atoms with E-state index in [4.69, 9.17) is 21.1 Å². The number of carbonyl (C=O) groups excluding carboxylic acids is 1. The van der Waals surface area contributed by atoms with Crippen molar-refractivity contribution < 1.29 is 22.7 Å². The standard InChI is InChI=1S/C24H25ClN2O5S/c1-16(2)32-19-8-6-7-17(13-19)14-24(28)26-18-11-12-22(31-3)23(15-18)33(29,30)27-21-10-5-4-9-20(21)25/h4-13,15-16,27H,14H2,1-3H3,(H,26,28). The van der Waals surface area contributed by atoms with Gasteiger partial charge >= 0.3 is 0 Å². The van der Waals surface area contributed by atoms with E-state index in [9.17, 15) is 13.2 Å². The second kappa shape index (κ2) is 10.6. The molecule has 0 saturated heterocycles. The lowest BCUT2D eigenvalue weighted by Crippen LogP contribution is -2.17. The molecule has 7 nitrogen and oxygen atoms in total. The highest BCUT2D eigenvalue weighted by Gasteiger charge is 2.22. The molecule has 33 heavy (non-hydrogen) atoms. The summed E-state index contributed by atoms with van der Waals surface area (Å²) in [6.45, 7) is 3.85. The predicted molar refractivity (Wildman–Crippen MR) is 130 cm³/mol. The van der Waals surface area contributed by atoms with E-state index < -0.39 is 10.0 Å². The van der Waals surface area contributed by atoms with Crippen molar-refractivity contribution in [2.45, 2.75) is 31.3 Å². The van der Waals surface area contributed by atoms with Crippen LogP contribution < -0.4 is 19.5 Å². The van der Waals surface area contributed by atoms with E-state index in [2.05, 4.69) is 10.0 Å². The number of ether oxygens (including phenoxy) is 2. The minimum Gasteiger partial charge on any atom is -0.495 e. The van der Waals surface area contributed by atoms with Crippen LogP contribution in [-0.2, 0) is 21.2 Å². The van der Waals surface area contributed by atoms with E-state index >= 15 is 0 Å². The Kier molecular flexibility index (Phi) is 7.84. The number of methoxy groups -OCH3 is 1. The quantitative estimate of drug-likeness (QED) is 0.436. The van der Waals surface area contributed by atoms with Crippen LogP contribution in [0.2, 0.25) is 5.02 Å². The van der Waals surface area contributed by atoms with Crippen molar-refractivity contribution >= 4 is 38.9 Å². The lowest BCUT2D eigenvalue weighted by Gasteiger charge is -2.14. The summed E-state index contributed by atoms with van der Waals surface area (Å²) in [5.74, 6) is 0.508. The van der Waals surface area contributed by atoms with Gasteiger partial charge in [0.05, 0.1) is 30.3 Å². The molecule has 0 aromatic heterocycles. The number of amides is 1. The fourth-order valence-corrected chi connectivity index (χ4v) is 4.61. The summed E-state index contributed by atoms with van der Waals surface area (Å²) >= 11 is 6.08. The molecule has 0 bridgehead atoms. The first-order valence-electron chi connectivity index (χ1n) is 10.2. The topological polar surface area (TPSA) is 93.7 Å². The summed E-state index contributed by atoms with van der Waals surface area (Å²) in [6, 6.07) is 18.2. The SMILES string of the molecule is COc1ccc(NC(=O)Cc2cccc(OC(C)C)c2)cc1S(=O)(=O)Nc1ccccc1Cl. The number of nitrogens with one attached hydrogen (secondary N) is 2. The first kappa shape index (κ1) is 24.4. The van der Waals surface area contributed by atoms with Gasteiger partial charge in [-0.25, -0.2) is 8.42 Å². The van der Waals surface area contributed by atoms with Gasteiger partial charge < -0.3 is 14.8 Å². The van der Waals surface area contributed by atoms with Crippen LogP contribution in [0.5, 0.6) is 11.5 Å². The molecule has 0 spiro atoms. The van der Waals surface area contributed by atoms with Crippen LogP contribution in [-0.4, -0.2) is 27.5 Å². The summed E-state index contributed by atoms with van der Waals surface area (Å²) in [6.07, 6.45) is 0.120. The molecule has 0 atom stereocenters. The number of rotatable bonds is 9. The Morgan fingerprint density at radius 1 is 1.03 bits per heavy atom. The second-order valence-electron chi connectivity index (χ2n) is 7.49. The van der Waals surface area contributed by atoms with Gasteiger partial charge in [-0.2, -0.15) is 0 Å². The van der Waals surface area contributed by atoms with Crippen LogP contribution in [0.1, 0.15) is 19.4 Å². The molecule has 9 heteroatoms. The molecule has 0 aliphatic rings. The van der Waals surface area contributed by atoms with Crippen molar-refractivity contribution in [2.75, 3.05) is 17.1 Å². The number of para-hydroxylation sites is 1. The molecule has 0 radical (unpaired) electrons. The molecule has 0 heterocycles. The van der Waals surface area contributed by atoms with Crippen molar-refractivity contribution in [3.63, 3.8) is 0 Å². The lowest BCUT2D eigenvalue weighted by atomic mass is 10.1. The van der Waals surface area contributed by atoms with E-state index in [1.54, 1.807) is 36.4 Å². The van der Waals surface area contributed by atoms with Gasteiger partial charge in [0.1, 0.15) is 16.4 Å². The van der Waals surface area contributed by atoms with Crippen LogP contribution in [0.3, 0.4) is 0 Å². The molecule has 2 N–H and O–H groups in total. The highest BCUT2D eigenvalue weighted by molar-refractivity contribution is 7.92. The summed E-state index contributed by atoms with van der Waals surface area (Å²) < 4.78 is 39.4. The Bertz CT molecular complexity index is 1250. The average Bonchev–Trinajstić information content (AvgIpc) is 2.75. The van der Waals surface area contributed by atoms with Gasteiger partial charge in [-0.15, -0.1) is 0 Å². The summed E-state index contributed by atoms with van der Waals surface area (Å²) in [4.78, 5) is 12.5. The third-order valence-electron chi connectivity index (χ3n) is 4.49. The molecule has 0 aliphatic carbocycles. The Balaban J connectivity index is 1.79. The second-order valence-corrected chi connectivity index (χ2v) is 9.55. The van der Waals surface area contributed by atoms with Gasteiger partial charge in [0.15, 0.2) is 0 Å². The maximum atomic E-state index is 13.0. The van der Waals surface area contributed by atoms with E-state index in [1.165, 1.54) is 19.2 Å². The molecule has 0 fully saturated rings. The first-order chi connectivity index (χ1) is 15.7. The summed E-state index contributed by atoms with van der Waals surface area (Å²) in [5.41, 5.74) is 1.32. The van der Waals surface area contributed by atoms with Gasteiger partial charge in [0, 0.05) is 5.69 Å². The minimum atomic E-state index is -4.04. The molecule has 0 unspecified atom stereocenters. The maximum absolute atomic E-state index is 13.0. The van der Waals surface area contributed by atoms with Gasteiger partial charge in [-0.3, -0.25) is 9.52 Å². The lowest BCUT2D eigenvalue weighted by molar-refractivity contribution is -0.115. The van der Waals surface area contributed by atoms with Gasteiger partial charge in [-0.1, -0.05) is 35.9 Å². The number of carbonyl (C=O) groups is 1. The largest absolute Gasteiger partial charge is 0.495 e. The summed E-state index contributed by atoms with van der Waals surface area (Å²) in [5, 5.41) is 2.99. The fourth-order valence-electron chi connectivity index (χ4n) is 3.10. The highest BCUT2D eigenvalue weighted by atomic mass is 35.5. The Morgan fingerprint density at radius 3 is 2.48 bits per heavy atom. The monoisotopic (exact) mass is 488 g/mol. The van der Waals surface area contributed by atoms with Crippen molar-refractivity contribution in [1.29, 1.82) is 0 Å². The summed E-state index contributed by atoms with van der Waals surface area (Å²) in [7, 11) is -2.67. The number of anilines is 2. The minimum absolute atomic E-state index is 0.0214. The van der Waals surface area contributed by atoms with Crippen LogP contribution in [0, 0.1) is 0 Å². The van der Waals surface area contributed by atoms with E-state index in [0.29, 0.717) is 11.4 Å². The van der Waals surface area contributed by atoms with E-state index in [1.807, 2.05) is 32.0 Å². The van der Waals surface area contributed by atoms with Crippen molar-refractivity contribution in [3.05, 3.63) is 77.3 Å². The number of hydrogen-bond acceptors (Lipinski definition) is 5. The number of benzene rings is 3. The zero-order valence-electron chi connectivity index (χ0n) is 18.5. The van der Waals surface area contributed by atoms with Crippen molar-refractivity contribution in [3.8, 4) is 11.5 Å². The molecular weight excluding hydrogens is 464 g/mol. The highest BCUT2D eigenvalue weighted by Crippen LogP contribution is 2.31. The first-order valence-corrected chi connectivity index (χ1v) is 12.0. The molecule has 3 rings (SSSR count). The maximum Gasteiger partial charge on any atom is 0.265 e. The zero-order valence-corrected chi connectivity index (χ0v) is 20.0. The van der Waals surface area contributed by atoms with Gasteiger partial charge in [-0.05, 0) is 61.9 Å². The molecule has 0 aliphatic heterocycles. The average molecular weight is 489 g/mol. The molecule has 3 aromatic carbocycles. The predicted octanol–water partition coefficient (Wildman–Crippen LogP) is 5.12. The molecule has 174 valence electrons. The Labute approximate surface area is 198 Å². The number of halogens is 1. The van der Waals surface area contributed by atoms with Crippen LogP contribution in [0.25, 0.3) is 0 Å². The molecule has 3 aromatic rings. The normalized spacial score (nSPS) is 11.2. The Hall–Kier alpha value is -3.23. The van der Waals surface area contributed by atoms with Crippen LogP contribution in [0.15, 0.2) is 71.6 Å². The van der Waals surface area contributed by atoms with Gasteiger partial charge in [0.2, 0.25) is 5.91 Å². The fraction of sp³-hybridized carbons (Fsp3) is 0.208. The molecule has 0 saturated carbocycles. The third kappa shape index (κ3) is 6.63. The number of hydrogen-bond donors (Lipinski definition) is 2. The van der Waals surface area contributed by atoms with Gasteiger partial charge in [0.25, 0.3) is 10.0 Å². The molecular formula is C24H25ClN2O5S. The Morgan fingerprint density at radius 2 is 1.79 bits per heavy atom. The van der Waals surface area contributed by atoms with E-state index in [-0.39, 0.29) is 39.8 Å². The molecule has 1 amide bonds. The third-order valence-corrected chi connectivity index (χ3v) is 6.21. The van der Waals surface area contributed by atoms with Crippen molar-refractivity contribution in [2.24, 2.45) is 0 Å². The smallest absolute Gasteiger partial charge is 0.265 e. The van der Waals surface area contributed by atoms with Crippen molar-refractivity contribution in [1.82, 2.24) is 0 Å².